The zero-order chi connectivity index (χ0) is 23.1. The van der Waals surface area contributed by atoms with Crippen molar-refractivity contribution in [3.63, 3.8) is 0 Å². The van der Waals surface area contributed by atoms with Gasteiger partial charge < -0.3 is 14.2 Å². The lowest BCUT2D eigenvalue weighted by atomic mass is 9.72. The van der Waals surface area contributed by atoms with E-state index in [1.54, 1.807) is 13.4 Å². The smallest absolute Gasteiger partial charge is 0.337 e. The van der Waals surface area contributed by atoms with Crippen LogP contribution in [0.5, 0.6) is 5.75 Å². The topological polar surface area (TPSA) is 64.6 Å². The van der Waals surface area contributed by atoms with E-state index in [0.717, 1.165) is 38.1 Å². The minimum absolute atomic E-state index is 0.111. The third-order valence-corrected chi connectivity index (χ3v) is 8.21. The Balaban J connectivity index is 1.44. The Morgan fingerprint density at radius 2 is 2.12 bits per heavy atom. The molecule has 1 fully saturated rings. The number of nitrogens with zero attached hydrogens (tertiary/aromatic N) is 1. The fourth-order valence-electron chi connectivity index (χ4n) is 6.40. The van der Waals surface area contributed by atoms with Crippen LogP contribution in [0.15, 0.2) is 29.7 Å². The van der Waals surface area contributed by atoms with Gasteiger partial charge in [0, 0.05) is 47.7 Å². The number of hydrogen-bond acceptors (Lipinski definition) is 5. The lowest BCUT2D eigenvalue weighted by molar-refractivity contribution is -0.521. The molecule has 33 heavy (non-hydrogen) atoms. The molecule has 1 aromatic rings. The van der Waals surface area contributed by atoms with E-state index in [1.807, 2.05) is 0 Å². The number of hydrogen-bond donors (Lipinski definition) is 1. The van der Waals surface area contributed by atoms with Crippen molar-refractivity contribution < 1.29 is 24.3 Å². The first-order valence-electron chi connectivity index (χ1n) is 12.5. The van der Waals surface area contributed by atoms with Crippen molar-refractivity contribution in [2.24, 2.45) is 11.8 Å². The Hall–Kier alpha value is -2.31. The van der Waals surface area contributed by atoms with Crippen LogP contribution in [0.3, 0.4) is 0 Å². The molecule has 0 radical (unpaired) electrons. The molecule has 0 bridgehead atoms. The largest absolute Gasteiger partial charge is 0.497 e. The lowest BCUT2D eigenvalue weighted by Gasteiger charge is -2.48. The highest BCUT2D eigenvalue weighted by molar-refractivity contribution is 5.89. The number of aryl methyl sites for hydroxylation is 1. The first-order valence-corrected chi connectivity index (χ1v) is 12.5. The molecule has 178 valence electrons. The maximum Gasteiger partial charge on any atom is 0.337 e. The Morgan fingerprint density at radius 3 is 2.88 bits per heavy atom. The normalized spacial score (nSPS) is 28.2. The molecular formula is C27H37N2O4+. The van der Waals surface area contributed by atoms with E-state index in [2.05, 4.69) is 36.2 Å². The number of rotatable bonds is 6. The highest BCUT2D eigenvalue weighted by Gasteiger charge is 2.49. The van der Waals surface area contributed by atoms with Crippen LogP contribution >= 0.6 is 0 Å². The third kappa shape index (κ3) is 3.87. The molecule has 5 rings (SSSR count). The van der Waals surface area contributed by atoms with Gasteiger partial charge in [-0.1, -0.05) is 19.8 Å². The van der Waals surface area contributed by atoms with Gasteiger partial charge in [-0.25, -0.2) is 4.79 Å². The van der Waals surface area contributed by atoms with Crippen LogP contribution in [0.2, 0.25) is 0 Å². The first-order chi connectivity index (χ1) is 16.0. The number of carbonyl (C=O) groups is 1. The Morgan fingerprint density at radius 1 is 1.27 bits per heavy atom. The molecule has 2 N–H and O–H groups in total. The summed E-state index contributed by atoms with van der Waals surface area (Å²) in [4.78, 5) is 15.1. The van der Waals surface area contributed by atoms with Crippen molar-refractivity contribution in [1.82, 2.24) is 4.90 Å². The molecule has 6 nitrogen and oxygen atoms in total. The number of nitrogens with two attached hydrogens (primary N) is 1. The van der Waals surface area contributed by atoms with Gasteiger partial charge in [-0.3, -0.25) is 10.2 Å². The van der Waals surface area contributed by atoms with Crippen molar-refractivity contribution in [2.75, 3.05) is 27.3 Å². The number of quaternary nitrogens is 1. The second-order valence-corrected chi connectivity index (χ2v) is 9.96. The molecule has 0 saturated carbocycles. The standard InChI is InChI=1S/C27H36N2O4/c1-5-6-7-8-17-11-23-20(13-25(17)31-3)18-9-10-29-14-21-16(2)33-15-22(27(30)32-4)19(21)12-24(29)26(18)28-23/h11,13,15-16,19,21,24,28H,5-10,12,14H2,1-4H3/p+1. The van der Waals surface area contributed by atoms with Crippen molar-refractivity contribution in [3.05, 3.63) is 40.8 Å². The number of methoxy groups -OCH3 is 2. The average Bonchev–Trinajstić information content (AvgIpc) is 3.20. The van der Waals surface area contributed by atoms with Gasteiger partial charge in [-0.05, 0) is 38.7 Å². The number of carbonyl (C=O) groups excluding carboxylic acids is 1. The minimum atomic E-state index is -0.254. The maximum atomic E-state index is 12.5. The van der Waals surface area contributed by atoms with Crippen LogP contribution in [0, 0.1) is 11.8 Å². The number of ether oxygens (including phenoxy) is 3. The average molecular weight is 454 g/mol. The van der Waals surface area contributed by atoms with Gasteiger partial charge in [-0.2, -0.15) is 0 Å². The number of fused-ring (bicyclic) bond motifs is 5. The molecule has 4 aliphatic heterocycles. The summed E-state index contributed by atoms with van der Waals surface area (Å²) < 4.78 is 16.8. The van der Waals surface area contributed by atoms with Gasteiger partial charge in [0.25, 0.3) is 0 Å². The second kappa shape index (κ2) is 9.15. The number of piperidine rings is 1. The molecule has 1 aromatic carbocycles. The number of benzene rings is 1. The Kier molecular flexibility index (Phi) is 6.23. The van der Waals surface area contributed by atoms with Crippen molar-refractivity contribution in [3.8, 4) is 5.75 Å². The molecule has 4 heterocycles. The van der Waals surface area contributed by atoms with E-state index in [0.29, 0.717) is 17.5 Å². The van der Waals surface area contributed by atoms with Gasteiger partial charge in [0.05, 0.1) is 38.2 Å². The zero-order valence-electron chi connectivity index (χ0n) is 20.4. The first kappa shape index (κ1) is 22.5. The minimum Gasteiger partial charge on any atom is -0.497 e. The summed E-state index contributed by atoms with van der Waals surface area (Å²) in [7, 11) is 3.25. The molecule has 1 saturated heterocycles. The van der Waals surface area contributed by atoms with Crippen molar-refractivity contribution in [1.29, 1.82) is 0 Å². The van der Waals surface area contributed by atoms with Crippen LogP contribution in [0.1, 0.15) is 57.1 Å². The summed E-state index contributed by atoms with van der Waals surface area (Å²) in [5, 5.41) is 2.41. The maximum absolute atomic E-state index is 12.5. The molecule has 4 atom stereocenters. The monoisotopic (exact) mass is 453 g/mol. The van der Waals surface area contributed by atoms with Crippen molar-refractivity contribution in [2.45, 2.75) is 64.5 Å². The van der Waals surface area contributed by atoms with Crippen LogP contribution in [0.4, 0.5) is 5.69 Å². The lowest BCUT2D eigenvalue weighted by Crippen LogP contribution is -2.79. The van der Waals surface area contributed by atoms with Gasteiger partial charge >= 0.3 is 5.97 Å². The zero-order valence-corrected chi connectivity index (χ0v) is 20.4. The fourth-order valence-corrected chi connectivity index (χ4v) is 6.40. The van der Waals surface area contributed by atoms with E-state index in [-0.39, 0.29) is 18.0 Å². The summed E-state index contributed by atoms with van der Waals surface area (Å²) in [6.07, 6.45) is 8.49. The molecular weight excluding hydrogens is 416 g/mol. The third-order valence-electron chi connectivity index (χ3n) is 8.21. The quantitative estimate of drug-likeness (QED) is 0.406. The molecule has 0 amide bonds. The molecule has 0 aliphatic carbocycles. The highest BCUT2D eigenvalue weighted by Crippen LogP contribution is 2.46. The van der Waals surface area contributed by atoms with Gasteiger partial charge in [0.15, 0.2) is 0 Å². The molecule has 0 spiro atoms. The number of esters is 1. The van der Waals surface area contributed by atoms with Crippen LogP contribution in [-0.4, -0.2) is 50.3 Å². The SMILES string of the molecule is CCCCCc1cc2c(cc1OC)C1=C([NH2+]2)C2CC3C(C(=O)OC)=COC(C)C3CN2CC1. The van der Waals surface area contributed by atoms with Crippen LogP contribution in [0.25, 0.3) is 5.57 Å². The van der Waals surface area contributed by atoms with E-state index in [1.165, 1.54) is 54.5 Å². The second-order valence-electron chi connectivity index (χ2n) is 9.96. The summed E-state index contributed by atoms with van der Waals surface area (Å²) in [6, 6.07) is 4.96. The van der Waals surface area contributed by atoms with Gasteiger partial charge in [0.1, 0.15) is 17.1 Å². The predicted octanol–water partition coefficient (Wildman–Crippen LogP) is 3.53. The van der Waals surface area contributed by atoms with E-state index < -0.39 is 0 Å². The summed E-state index contributed by atoms with van der Waals surface area (Å²) in [6.45, 7) is 6.37. The summed E-state index contributed by atoms with van der Waals surface area (Å²) >= 11 is 0. The number of unbranched alkanes of at least 4 members (excludes halogenated alkanes) is 2. The Bertz CT molecular complexity index is 998. The predicted molar refractivity (Wildman–Crippen MR) is 127 cm³/mol. The van der Waals surface area contributed by atoms with Crippen LogP contribution in [-0.2, 0) is 20.7 Å². The van der Waals surface area contributed by atoms with Crippen LogP contribution < -0.4 is 10.1 Å². The van der Waals surface area contributed by atoms with Gasteiger partial charge in [-0.15, -0.1) is 0 Å². The van der Waals surface area contributed by atoms with E-state index in [4.69, 9.17) is 14.2 Å². The summed E-state index contributed by atoms with van der Waals surface area (Å²) in [5.41, 5.74) is 7.59. The van der Waals surface area contributed by atoms with Gasteiger partial charge in [0.2, 0.25) is 0 Å². The summed E-state index contributed by atoms with van der Waals surface area (Å²) in [5.74, 6) is 1.25. The molecule has 6 heteroatoms. The molecule has 4 aliphatic rings. The Labute approximate surface area is 197 Å². The molecule has 4 unspecified atom stereocenters. The highest BCUT2D eigenvalue weighted by atomic mass is 16.5. The van der Waals surface area contributed by atoms with Crippen molar-refractivity contribution >= 4 is 17.2 Å². The van der Waals surface area contributed by atoms with E-state index >= 15 is 0 Å². The fraction of sp³-hybridized carbons (Fsp3) is 0.593. The molecule has 0 aromatic heterocycles. The van der Waals surface area contributed by atoms with E-state index in [9.17, 15) is 4.79 Å².